The smallest absolute Gasteiger partial charge is 0.256 e. The highest BCUT2D eigenvalue weighted by Crippen LogP contribution is 2.34. The molecule has 0 aliphatic rings. The lowest BCUT2D eigenvalue weighted by Crippen LogP contribution is -2.05. The Balaban J connectivity index is 1.97. The number of rotatable bonds is 1. The monoisotopic (exact) mass is 363 g/mol. The van der Waals surface area contributed by atoms with Gasteiger partial charge in [0.05, 0.1) is 16.4 Å². The molecule has 6 heteroatoms. The molecule has 2 aromatic heterocycles. The number of hydrogen-bond donors (Lipinski definition) is 2. The van der Waals surface area contributed by atoms with Crippen LogP contribution in [-0.2, 0) is 0 Å². The lowest BCUT2D eigenvalue weighted by molar-refractivity contribution is 0.630. The summed E-state index contributed by atoms with van der Waals surface area (Å²) in [5.74, 6) is 0.268. The number of hydrogen-bond acceptors (Lipinski definition) is 2. The Bertz CT molecular complexity index is 1370. The normalized spacial score (nSPS) is 11.6. The zero-order valence-corrected chi connectivity index (χ0v) is 14.1. The molecule has 26 heavy (non-hydrogen) atoms. The van der Waals surface area contributed by atoms with Crippen molar-refractivity contribution in [2.75, 3.05) is 0 Å². The standard InChI is InChI=1S/C20H11ClFN3O/c21-11-3-1-10(2-4-11)19-24-17-13-6-5-12(22)9-15(13)16-14(18(17)25-19)7-8-23-20(16)26/h1-9H,(H,23,26)(H,24,25). The number of nitrogens with zero attached hydrogens (tertiary/aromatic N) is 1. The molecule has 0 fully saturated rings. The molecule has 2 N–H and O–H groups in total. The van der Waals surface area contributed by atoms with Crippen LogP contribution in [0.25, 0.3) is 44.0 Å². The molecule has 3 aromatic carbocycles. The highest BCUT2D eigenvalue weighted by molar-refractivity contribution is 6.30. The zero-order chi connectivity index (χ0) is 17.8. The van der Waals surface area contributed by atoms with Crippen LogP contribution in [0, 0.1) is 5.82 Å². The van der Waals surface area contributed by atoms with Crippen LogP contribution >= 0.6 is 11.6 Å². The third kappa shape index (κ3) is 2.14. The molecular weight excluding hydrogens is 353 g/mol. The van der Waals surface area contributed by atoms with Crippen LogP contribution in [0.1, 0.15) is 0 Å². The average molecular weight is 364 g/mol. The second-order valence-corrected chi connectivity index (χ2v) is 6.54. The van der Waals surface area contributed by atoms with Gasteiger partial charge in [0.15, 0.2) is 0 Å². The third-order valence-corrected chi connectivity index (χ3v) is 4.81. The summed E-state index contributed by atoms with van der Waals surface area (Å²) in [6.07, 6.45) is 1.58. The summed E-state index contributed by atoms with van der Waals surface area (Å²) >= 11 is 5.96. The zero-order valence-electron chi connectivity index (χ0n) is 13.3. The van der Waals surface area contributed by atoms with Gasteiger partial charge < -0.3 is 9.97 Å². The molecule has 4 nitrogen and oxygen atoms in total. The van der Waals surface area contributed by atoms with E-state index in [9.17, 15) is 9.18 Å². The second-order valence-electron chi connectivity index (χ2n) is 6.10. The van der Waals surface area contributed by atoms with Crippen LogP contribution in [0.15, 0.2) is 59.5 Å². The molecule has 0 aliphatic carbocycles. The van der Waals surface area contributed by atoms with Crippen molar-refractivity contribution in [3.63, 3.8) is 0 Å². The van der Waals surface area contributed by atoms with Crippen LogP contribution in [0.4, 0.5) is 4.39 Å². The number of aromatic amines is 2. The molecule has 0 unspecified atom stereocenters. The van der Waals surface area contributed by atoms with Gasteiger partial charge in [-0.15, -0.1) is 0 Å². The first-order valence-electron chi connectivity index (χ1n) is 8.00. The Morgan fingerprint density at radius 3 is 2.58 bits per heavy atom. The van der Waals surface area contributed by atoms with Crippen LogP contribution in [0.3, 0.4) is 0 Å². The van der Waals surface area contributed by atoms with Crippen molar-refractivity contribution in [3.8, 4) is 11.4 Å². The van der Waals surface area contributed by atoms with Crippen LogP contribution in [0.5, 0.6) is 0 Å². The SMILES string of the molecule is O=c1[nH]ccc2c3[nH]c(-c4ccc(Cl)cc4)nc3c3ccc(F)cc3c12. The first-order chi connectivity index (χ1) is 12.6. The predicted octanol–water partition coefficient (Wildman–Crippen LogP) is 5.02. The third-order valence-electron chi connectivity index (χ3n) is 4.56. The van der Waals surface area contributed by atoms with E-state index in [0.717, 1.165) is 16.5 Å². The molecule has 2 heterocycles. The maximum absolute atomic E-state index is 13.9. The number of fused-ring (bicyclic) bond motifs is 6. The molecule has 0 atom stereocenters. The number of H-pyrrole nitrogens is 2. The summed E-state index contributed by atoms with van der Waals surface area (Å²) in [6, 6.07) is 13.5. The van der Waals surface area contributed by atoms with E-state index in [2.05, 4.69) is 9.97 Å². The van der Waals surface area contributed by atoms with Crippen LogP contribution in [-0.4, -0.2) is 15.0 Å². The molecule has 5 rings (SSSR count). The molecule has 5 aromatic rings. The summed E-state index contributed by atoms with van der Waals surface area (Å²) in [4.78, 5) is 23.1. The number of pyridine rings is 1. The van der Waals surface area contributed by atoms with Gasteiger partial charge in [-0.05, 0) is 48.5 Å². The van der Waals surface area contributed by atoms with Crippen molar-refractivity contribution < 1.29 is 4.39 Å². The highest BCUT2D eigenvalue weighted by Gasteiger charge is 2.16. The second kappa shape index (κ2) is 5.41. The fraction of sp³-hybridized carbons (Fsp3) is 0. The fourth-order valence-electron chi connectivity index (χ4n) is 3.39. The van der Waals surface area contributed by atoms with E-state index in [0.29, 0.717) is 32.5 Å². The lowest BCUT2D eigenvalue weighted by Gasteiger charge is -2.05. The Hall–Kier alpha value is -3.18. The van der Waals surface area contributed by atoms with Gasteiger partial charge in [0.2, 0.25) is 0 Å². The van der Waals surface area contributed by atoms with Gasteiger partial charge in [-0.3, -0.25) is 4.79 Å². The molecule has 0 bridgehead atoms. The molecule has 0 radical (unpaired) electrons. The lowest BCUT2D eigenvalue weighted by atomic mass is 10.0. The first kappa shape index (κ1) is 15.1. The Morgan fingerprint density at radius 1 is 0.962 bits per heavy atom. The Kier molecular flexibility index (Phi) is 3.14. The van der Waals surface area contributed by atoms with E-state index >= 15 is 0 Å². The molecular formula is C20H11ClFN3O. The molecule has 0 saturated carbocycles. The predicted molar refractivity (Wildman–Crippen MR) is 102 cm³/mol. The first-order valence-corrected chi connectivity index (χ1v) is 8.38. The minimum atomic E-state index is -0.394. The van der Waals surface area contributed by atoms with Crippen molar-refractivity contribution in [1.29, 1.82) is 0 Å². The maximum Gasteiger partial charge on any atom is 0.256 e. The van der Waals surface area contributed by atoms with Crippen LogP contribution < -0.4 is 5.56 Å². The minimum absolute atomic E-state index is 0.261. The number of aromatic nitrogens is 3. The van der Waals surface area contributed by atoms with Gasteiger partial charge in [0, 0.05) is 32.9 Å². The van der Waals surface area contributed by atoms with Gasteiger partial charge in [-0.2, -0.15) is 0 Å². The van der Waals surface area contributed by atoms with E-state index in [1.165, 1.54) is 12.1 Å². The molecule has 0 amide bonds. The number of nitrogens with one attached hydrogen (secondary N) is 2. The quantitative estimate of drug-likeness (QED) is 0.411. The Morgan fingerprint density at radius 2 is 1.77 bits per heavy atom. The highest BCUT2D eigenvalue weighted by atomic mass is 35.5. The Labute approximate surface area is 151 Å². The van der Waals surface area contributed by atoms with Gasteiger partial charge in [0.25, 0.3) is 5.56 Å². The van der Waals surface area contributed by atoms with Crippen molar-refractivity contribution >= 4 is 44.2 Å². The summed E-state index contributed by atoms with van der Waals surface area (Å²) in [5.41, 5.74) is 2.06. The van der Waals surface area contributed by atoms with Gasteiger partial charge in [0.1, 0.15) is 11.6 Å². The molecule has 0 saturated heterocycles. The van der Waals surface area contributed by atoms with Crippen LogP contribution in [0.2, 0.25) is 5.02 Å². The molecule has 126 valence electrons. The maximum atomic E-state index is 13.9. The average Bonchev–Trinajstić information content (AvgIpc) is 3.08. The summed E-state index contributed by atoms with van der Waals surface area (Å²) in [5, 5.41) is 3.06. The van der Waals surface area contributed by atoms with Gasteiger partial charge in [-0.1, -0.05) is 11.6 Å². The van der Waals surface area contributed by atoms with Gasteiger partial charge >= 0.3 is 0 Å². The number of imidazole rings is 1. The summed E-state index contributed by atoms with van der Waals surface area (Å²) in [6.45, 7) is 0. The van der Waals surface area contributed by atoms with E-state index in [-0.39, 0.29) is 5.56 Å². The van der Waals surface area contributed by atoms with Crippen molar-refractivity contribution in [1.82, 2.24) is 15.0 Å². The van der Waals surface area contributed by atoms with Crippen molar-refractivity contribution in [3.05, 3.63) is 75.9 Å². The number of benzene rings is 3. The van der Waals surface area contributed by atoms with E-state index in [1.807, 2.05) is 12.1 Å². The minimum Gasteiger partial charge on any atom is -0.337 e. The fourth-order valence-corrected chi connectivity index (χ4v) is 3.52. The van der Waals surface area contributed by atoms with E-state index < -0.39 is 5.82 Å². The molecule has 0 aliphatic heterocycles. The largest absolute Gasteiger partial charge is 0.337 e. The van der Waals surface area contributed by atoms with Crippen molar-refractivity contribution in [2.45, 2.75) is 0 Å². The summed E-state index contributed by atoms with van der Waals surface area (Å²) < 4.78 is 13.9. The summed E-state index contributed by atoms with van der Waals surface area (Å²) in [7, 11) is 0. The van der Waals surface area contributed by atoms with Crippen molar-refractivity contribution in [2.24, 2.45) is 0 Å². The van der Waals surface area contributed by atoms with Gasteiger partial charge in [-0.25, -0.2) is 9.37 Å². The van der Waals surface area contributed by atoms with E-state index in [4.69, 9.17) is 16.6 Å². The number of halogens is 2. The topological polar surface area (TPSA) is 61.5 Å². The molecule has 0 spiro atoms. The van der Waals surface area contributed by atoms with E-state index in [1.54, 1.807) is 30.5 Å².